The van der Waals surface area contributed by atoms with Gasteiger partial charge in [-0.1, -0.05) is 6.92 Å². The lowest BCUT2D eigenvalue weighted by Gasteiger charge is -2.21. The number of hydrogen-bond acceptors (Lipinski definition) is 3. The van der Waals surface area contributed by atoms with Crippen LogP contribution >= 0.6 is 23.5 Å². The highest BCUT2D eigenvalue weighted by Crippen LogP contribution is 2.34. The zero-order valence-electron chi connectivity index (χ0n) is 6.79. The molecule has 1 nitrogen and oxygen atoms in total. The molecule has 1 fully saturated rings. The van der Waals surface area contributed by atoms with Crippen molar-refractivity contribution in [1.29, 1.82) is 0 Å². The molecule has 0 spiro atoms. The Balaban J connectivity index is 2.18. The molecular weight excluding hydrogens is 176 g/mol. The fourth-order valence-corrected chi connectivity index (χ4v) is 4.20. The topological polar surface area (TPSA) is 17.1 Å². The van der Waals surface area contributed by atoms with Crippen molar-refractivity contribution in [1.82, 2.24) is 0 Å². The van der Waals surface area contributed by atoms with Crippen molar-refractivity contribution >= 4 is 29.8 Å². The van der Waals surface area contributed by atoms with Crippen LogP contribution in [-0.4, -0.2) is 22.4 Å². The quantitative estimate of drug-likeness (QED) is 0.636. The van der Waals surface area contributed by atoms with Gasteiger partial charge in [-0.15, -0.1) is 23.5 Å². The molecular formula is C8H14OS2. The van der Waals surface area contributed by atoms with Crippen molar-refractivity contribution in [3.63, 3.8) is 0 Å². The predicted molar refractivity (Wildman–Crippen MR) is 53.2 cm³/mol. The third kappa shape index (κ3) is 3.52. The van der Waals surface area contributed by atoms with E-state index in [2.05, 4.69) is 0 Å². The van der Waals surface area contributed by atoms with Gasteiger partial charge in [-0.2, -0.15) is 0 Å². The molecule has 1 heterocycles. The molecule has 0 aliphatic carbocycles. The van der Waals surface area contributed by atoms with Crippen LogP contribution in [0.4, 0.5) is 0 Å². The van der Waals surface area contributed by atoms with E-state index < -0.39 is 0 Å². The summed E-state index contributed by atoms with van der Waals surface area (Å²) in [4.78, 5) is 10.4. The third-order valence-corrected chi connectivity index (χ3v) is 4.69. The Hall–Kier alpha value is 0.370. The fraction of sp³-hybridized carbons (Fsp3) is 0.875. The second-order valence-electron chi connectivity index (χ2n) is 2.87. The molecule has 64 valence electrons. The van der Waals surface area contributed by atoms with Crippen LogP contribution < -0.4 is 0 Å². The Kier molecular flexibility index (Phi) is 4.38. The molecule has 1 aliphatic heterocycles. The summed E-state index contributed by atoms with van der Waals surface area (Å²) in [5.74, 6) is 2.81. The first-order valence-corrected chi connectivity index (χ1v) is 6.11. The Labute approximate surface area is 76.7 Å². The molecule has 0 amide bonds. The van der Waals surface area contributed by atoms with Gasteiger partial charge in [0.1, 0.15) is 6.29 Å². The minimum atomic E-state index is 0.248. The van der Waals surface area contributed by atoms with Crippen molar-refractivity contribution in [2.75, 3.05) is 11.5 Å². The highest BCUT2D eigenvalue weighted by Gasteiger charge is 2.16. The largest absolute Gasteiger partial charge is 0.303 e. The molecule has 1 saturated heterocycles. The molecule has 0 saturated carbocycles. The normalized spacial score (nSPS) is 23.0. The Morgan fingerprint density at radius 2 is 2.18 bits per heavy atom. The summed E-state index contributed by atoms with van der Waals surface area (Å²) in [5, 5.41) is 0. The standard InChI is InChI=1S/C8H14OS2/c1-7(6-9)5-8-10-3-2-4-11-8/h6-8H,2-5H2,1H3. The summed E-state index contributed by atoms with van der Waals surface area (Å²) < 4.78 is 0.684. The van der Waals surface area contributed by atoms with E-state index in [1.165, 1.54) is 17.9 Å². The average molecular weight is 190 g/mol. The van der Waals surface area contributed by atoms with Gasteiger partial charge >= 0.3 is 0 Å². The number of aldehydes is 1. The summed E-state index contributed by atoms with van der Waals surface area (Å²) in [5.41, 5.74) is 0. The maximum absolute atomic E-state index is 10.4. The predicted octanol–water partition coefficient (Wildman–Crippen LogP) is 2.41. The van der Waals surface area contributed by atoms with Gasteiger partial charge < -0.3 is 4.79 Å². The number of carbonyl (C=O) groups is 1. The second-order valence-corrected chi connectivity index (χ2v) is 5.79. The molecule has 1 rings (SSSR count). The molecule has 0 N–H and O–H groups in total. The highest BCUT2D eigenvalue weighted by atomic mass is 32.2. The van der Waals surface area contributed by atoms with Crippen molar-refractivity contribution in [2.24, 2.45) is 5.92 Å². The maximum Gasteiger partial charge on any atom is 0.122 e. The number of rotatable bonds is 3. The summed E-state index contributed by atoms with van der Waals surface area (Å²) >= 11 is 4.02. The van der Waals surface area contributed by atoms with Gasteiger partial charge in [0.15, 0.2) is 0 Å². The molecule has 11 heavy (non-hydrogen) atoms. The van der Waals surface area contributed by atoms with Crippen LogP contribution in [0.2, 0.25) is 0 Å². The Bertz CT molecular complexity index is 121. The van der Waals surface area contributed by atoms with Crippen LogP contribution in [0.15, 0.2) is 0 Å². The third-order valence-electron chi connectivity index (χ3n) is 1.69. The summed E-state index contributed by atoms with van der Waals surface area (Å²) in [7, 11) is 0. The minimum Gasteiger partial charge on any atom is -0.303 e. The van der Waals surface area contributed by atoms with E-state index in [9.17, 15) is 4.79 Å². The Morgan fingerprint density at radius 1 is 1.55 bits per heavy atom. The SMILES string of the molecule is CC(C=O)CC1SCCCS1. The zero-order valence-corrected chi connectivity index (χ0v) is 8.42. The van der Waals surface area contributed by atoms with E-state index in [1.807, 2.05) is 30.4 Å². The molecule has 0 aromatic rings. The van der Waals surface area contributed by atoms with E-state index in [1.54, 1.807) is 0 Å². The average Bonchev–Trinajstić information content (AvgIpc) is 2.06. The van der Waals surface area contributed by atoms with Crippen LogP contribution in [0, 0.1) is 5.92 Å². The van der Waals surface area contributed by atoms with Crippen molar-refractivity contribution < 1.29 is 4.79 Å². The van der Waals surface area contributed by atoms with Crippen molar-refractivity contribution in [3.8, 4) is 0 Å². The van der Waals surface area contributed by atoms with Crippen LogP contribution in [-0.2, 0) is 4.79 Å². The highest BCUT2D eigenvalue weighted by molar-refractivity contribution is 8.17. The van der Waals surface area contributed by atoms with E-state index in [0.717, 1.165) is 12.7 Å². The molecule has 0 radical (unpaired) electrons. The van der Waals surface area contributed by atoms with E-state index in [0.29, 0.717) is 4.58 Å². The van der Waals surface area contributed by atoms with Crippen LogP contribution in [0.5, 0.6) is 0 Å². The first kappa shape index (κ1) is 9.46. The number of hydrogen-bond donors (Lipinski definition) is 0. The smallest absolute Gasteiger partial charge is 0.122 e. The molecule has 1 unspecified atom stereocenters. The lowest BCUT2D eigenvalue weighted by Crippen LogP contribution is -2.11. The van der Waals surface area contributed by atoms with Gasteiger partial charge in [0, 0.05) is 5.92 Å². The van der Waals surface area contributed by atoms with Gasteiger partial charge in [-0.05, 0) is 24.3 Å². The summed E-state index contributed by atoms with van der Waals surface area (Å²) in [6.45, 7) is 2.00. The monoisotopic (exact) mass is 190 g/mol. The van der Waals surface area contributed by atoms with E-state index in [-0.39, 0.29) is 5.92 Å². The first-order chi connectivity index (χ1) is 5.33. The number of thioether (sulfide) groups is 2. The van der Waals surface area contributed by atoms with E-state index in [4.69, 9.17) is 0 Å². The van der Waals surface area contributed by atoms with Crippen LogP contribution in [0.1, 0.15) is 19.8 Å². The lowest BCUT2D eigenvalue weighted by atomic mass is 10.1. The number of carbonyl (C=O) groups excluding carboxylic acids is 1. The molecule has 0 aromatic carbocycles. The summed E-state index contributed by atoms with van der Waals surface area (Å²) in [6.07, 6.45) is 3.45. The van der Waals surface area contributed by atoms with Crippen molar-refractivity contribution in [2.45, 2.75) is 24.3 Å². The molecule has 1 aliphatic rings. The van der Waals surface area contributed by atoms with Crippen molar-refractivity contribution in [3.05, 3.63) is 0 Å². The van der Waals surface area contributed by atoms with Gasteiger partial charge in [0.2, 0.25) is 0 Å². The fourth-order valence-electron chi connectivity index (χ4n) is 1.03. The lowest BCUT2D eigenvalue weighted by molar-refractivity contribution is -0.110. The van der Waals surface area contributed by atoms with Gasteiger partial charge in [-0.25, -0.2) is 0 Å². The van der Waals surface area contributed by atoms with Crippen LogP contribution in [0.3, 0.4) is 0 Å². The molecule has 3 heteroatoms. The first-order valence-electron chi connectivity index (χ1n) is 4.01. The van der Waals surface area contributed by atoms with E-state index >= 15 is 0 Å². The van der Waals surface area contributed by atoms with Gasteiger partial charge in [0.05, 0.1) is 4.58 Å². The van der Waals surface area contributed by atoms with Crippen LogP contribution in [0.25, 0.3) is 0 Å². The van der Waals surface area contributed by atoms with Gasteiger partial charge in [-0.3, -0.25) is 0 Å². The molecule has 1 atom stereocenters. The van der Waals surface area contributed by atoms with Gasteiger partial charge in [0.25, 0.3) is 0 Å². The zero-order chi connectivity index (χ0) is 8.10. The maximum atomic E-state index is 10.4. The minimum absolute atomic E-state index is 0.248. The molecule has 0 bridgehead atoms. The second kappa shape index (κ2) is 5.09. The molecule has 0 aromatic heterocycles. The summed E-state index contributed by atoms with van der Waals surface area (Å²) in [6, 6.07) is 0. The Morgan fingerprint density at radius 3 is 2.73 bits per heavy atom.